The maximum absolute atomic E-state index is 5.90. The van der Waals surface area contributed by atoms with Gasteiger partial charge in [0.1, 0.15) is 0 Å². The number of aryl methyl sites for hydroxylation is 2. The molecule has 0 fully saturated rings. The summed E-state index contributed by atoms with van der Waals surface area (Å²) in [4.78, 5) is 0. The van der Waals surface area contributed by atoms with Crippen LogP contribution in [0.2, 0.25) is 0 Å². The van der Waals surface area contributed by atoms with Crippen molar-refractivity contribution in [1.82, 2.24) is 5.32 Å². The van der Waals surface area contributed by atoms with Gasteiger partial charge in [-0.2, -0.15) is 0 Å². The summed E-state index contributed by atoms with van der Waals surface area (Å²) in [6.07, 6.45) is 0. The topological polar surface area (TPSA) is 12.0 Å². The van der Waals surface area contributed by atoms with Gasteiger partial charge in [-0.05, 0) is 31.9 Å². The summed E-state index contributed by atoms with van der Waals surface area (Å²) in [7, 11) is 0. The van der Waals surface area contributed by atoms with Crippen LogP contribution in [0.15, 0.2) is 18.2 Å². The molecule has 1 rings (SSSR count). The summed E-state index contributed by atoms with van der Waals surface area (Å²) >= 11 is 11.8. The first-order valence-corrected chi connectivity index (χ1v) is 6.51. The molecule has 1 aromatic rings. The minimum Gasteiger partial charge on any atom is -0.305 e. The van der Waals surface area contributed by atoms with Crippen LogP contribution in [0.25, 0.3) is 0 Å². The quantitative estimate of drug-likeness (QED) is 0.797. The van der Waals surface area contributed by atoms with Gasteiger partial charge in [-0.15, -0.1) is 23.2 Å². The highest BCUT2D eigenvalue weighted by Gasteiger charge is 2.21. The van der Waals surface area contributed by atoms with Crippen LogP contribution < -0.4 is 5.32 Å². The van der Waals surface area contributed by atoms with Gasteiger partial charge >= 0.3 is 0 Å². The van der Waals surface area contributed by atoms with Crippen LogP contribution in [0.5, 0.6) is 0 Å². The monoisotopic (exact) mass is 259 g/mol. The molecule has 16 heavy (non-hydrogen) atoms. The minimum absolute atomic E-state index is 0.195. The van der Waals surface area contributed by atoms with E-state index in [1.54, 1.807) is 0 Å². The maximum atomic E-state index is 5.90. The molecule has 1 aromatic carbocycles. The maximum Gasteiger partial charge on any atom is 0.0427 e. The Kier molecular flexibility index (Phi) is 5.10. The summed E-state index contributed by atoms with van der Waals surface area (Å²) in [5.41, 5.74) is 3.69. The Morgan fingerprint density at radius 1 is 1.19 bits per heavy atom. The summed E-state index contributed by atoms with van der Waals surface area (Å²) < 4.78 is 0. The summed E-state index contributed by atoms with van der Waals surface area (Å²) in [6.45, 7) is 7.07. The molecule has 0 aliphatic heterocycles. The van der Waals surface area contributed by atoms with E-state index in [2.05, 4.69) is 37.4 Å². The number of hydrogen-bond acceptors (Lipinski definition) is 1. The van der Waals surface area contributed by atoms with Crippen LogP contribution in [0.4, 0.5) is 0 Å². The number of hydrogen-bond donors (Lipinski definition) is 1. The SMILES string of the molecule is Cc1ccc(C)c(CNC(C)(CCl)CCl)c1. The summed E-state index contributed by atoms with van der Waals surface area (Å²) in [5, 5.41) is 3.42. The van der Waals surface area contributed by atoms with Crippen LogP contribution in [-0.2, 0) is 6.54 Å². The van der Waals surface area contributed by atoms with Crippen LogP contribution in [0, 0.1) is 13.8 Å². The van der Waals surface area contributed by atoms with Gasteiger partial charge in [0.25, 0.3) is 0 Å². The standard InChI is InChI=1S/C13H19Cl2N/c1-10-4-5-11(2)12(6-10)7-16-13(3,8-14)9-15/h4-6,16H,7-9H2,1-3H3. The molecule has 0 radical (unpaired) electrons. The van der Waals surface area contributed by atoms with Crippen LogP contribution >= 0.6 is 23.2 Å². The van der Waals surface area contributed by atoms with E-state index in [9.17, 15) is 0 Å². The molecule has 0 saturated heterocycles. The minimum atomic E-state index is -0.195. The molecule has 0 bridgehead atoms. The lowest BCUT2D eigenvalue weighted by Gasteiger charge is -2.26. The van der Waals surface area contributed by atoms with Crippen molar-refractivity contribution in [2.24, 2.45) is 0 Å². The Morgan fingerprint density at radius 3 is 2.38 bits per heavy atom. The van der Waals surface area contributed by atoms with E-state index >= 15 is 0 Å². The van der Waals surface area contributed by atoms with Gasteiger partial charge in [-0.25, -0.2) is 0 Å². The fourth-order valence-electron chi connectivity index (χ4n) is 1.43. The molecule has 90 valence electrons. The molecule has 0 atom stereocenters. The zero-order valence-electron chi connectivity index (χ0n) is 10.1. The second-order valence-corrected chi connectivity index (χ2v) is 5.15. The van der Waals surface area contributed by atoms with Crippen molar-refractivity contribution in [3.8, 4) is 0 Å². The third-order valence-corrected chi connectivity index (χ3v) is 3.98. The third kappa shape index (κ3) is 3.65. The lowest BCUT2D eigenvalue weighted by atomic mass is 10.0. The van der Waals surface area contributed by atoms with Crippen molar-refractivity contribution in [2.45, 2.75) is 32.9 Å². The van der Waals surface area contributed by atoms with Gasteiger partial charge in [-0.3, -0.25) is 0 Å². The highest BCUT2D eigenvalue weighted by molar-refractivity contribution is 6.22. The first-order valence-electron chi connectivity index (χ1n) is 5.44. The number of halogens is 2. The molecule has 1 N–H and O–H groups in total. The van der Waals surface area contributed by atoms with Gasteiger partial charge in [0.15, 0.2) is 0 Å². The highest BCUT2D eigenvalue weighted by atomic mass is 35.5. The number of alkyl halides is 2. The molecular formula is C13H19Cl2N. The number of rotatable bonds is 5. The highest BCUT2D eigenvalue weighted by Crippen LogP contribution is 2.14. The van der Waals surface area contributed by atoms with Gasteiger partial charge in [0.05, 0.1) is 0 Å². The molecule has 0 aliphatic carbocycles. The molecule has 0 heterocycles. The zero-order valence-corrected chi connectivity index (χ0v) is 11.6. The second kappa shape index (κ2) is 5.90. The van der Waals surface area contributed by atoms with E-state index in [-0.39, 0.29) is 5.54 Å². The van der Waals surface area contributed by atoms with Crippen molar-refractivity contribution >= 4 is 23.2 Å². The van der Waals surface area contributed by atoms with E-state index in [1.165, 1.54) is 16.7 Å². The summed E-state index contributed by atoms with van der Waals surface area (Å²) in [5.74, 6) is 1.03. The van der Waals surface area contributed by atoms with Crippen LogP contribution in [0.3, 0.4) is 0 Å². The van der Waals surface area contributed by atoms with E-state index in [4.69, 9.17) is 23.2 Å². The lowest BCUT2D eigenvalue weighted by molar-refractivity contribution is 0.434. The zero-order chi connectivity index (χ0) is 12.2. The van der Waals surface area contributed by atoms with E-state index < -0.39 is 0 Å². The molecule has 0 unspecified atom stereocenters. The van der Waals surface area contributed by atoms with Crippen molar-refractivity contribution in [1.29, 1.82) is 0 Å². The van der Waals surface area contributed by atoms with Crippen molar-refractivity contribution in [2.75, 3.05) is 11.8 Å². The third-order valence-electron chi connectivity index (χ3n) is 2.80. The first kappa shape index (κ1) is 13.8. The Labute approximate surface area is 108 Å². The van der Waals surface area contributed by atoms with Crippen molar-refractivity contribution < 1.29 is 0 Å². The first-order chi connectivity index (χ1) is 7.50. The van der Waals surface area contributed by atoms with Gasteiger partial charge in [-0.1, -0.05) is 23.8 Å². The average molecular weight is 260 g/mol. The Bertz CT molecular complexity index is 346. The molecule has 0 saturated carbocycles. The molecule has 1 nitrogen and oxygen atoms in total. The fourth-order valence-corrected chi connectivity index (χ4v) is 1.90. The number of nitrogens with one attached hydrogen (secondary N) is 1. The molecule has 0 aromatic heterocycles. The van der Waals surface area contributed by atoms with Gasteiger partial charge < -0.3 is 5.32 Å². The Morgan fingerprint density at radius 2 is 1.81 bits per heavy atom. The van der Waals surface area contributed by atoms with Gasteiger partial charge in [0, 0.05) is 23.8 Å². The fraction of sp³-hybridized carbons (Fsp3) is 0.538. The lowest BCUT2D eigenvalue weighted by Crippen LogP contribution is -2.45. The molecule has 0 amide bonds. The molecule has 3 heteroatoms. The van der Waals surface area contributed by atoms with E-state index in [1.807, 2.05) is 6.92 Å². The normalized spacial score (nSPS) is 11.8. The predicted octanol–water partition coefficient (Wildman–Crippen LogP) is 3.63. The average Bonchev–Trinajstić information content (AvgIpc) is 2.30. The molecule has 0 spiro atoms. The predicted molar refractivity (Wildman–Crippen MR) is 72.6 cm³/mol. The Balaban J connectivity index is 2.70. The van der Waals surface area contributed by atoms with Crippen molar-refractivity contribution in [3.63, 3.8) is 0 Å². The molecular weight excluding hydrogens is 241 g/mol. The largest absolute Gasteiger partial charge is 0.305 e. The number of benzene rings is 1. The van der Waals surface area contributed by atoms with Gasteiger partial charge in [0.2, 0.25) is 0 Å². The molecule has 0 aliphatic rings. The summed E-state index contributed by atoms with van der Waals surface area (Å²) in [6, 6.07) is 6.47. The van der Waals surface area contributed by atoms with E-state index in [0.29, 0.717) is 11.8 Å². The van der Waals surface area contributed by atoms with Crippen LogP contribution in [-0.4, -0.2) is 17.3 Å². The van der Waals surface area contributed by atoms with E-state index in [0.717, 1.165) is 6.54 Å². The Hall–Kier alpha value is -0.240. The van der Waals surface area contributed by atoms with Crippen molar-refractivity contribution in [3.05, 3.63) is 34.9 Å². The smallest absolute Gasteiger partial charge is 0.0427 e. The second-order valence-electron chi connectivity index (χ2n) is 4.61. The van der Waals surface area contributed by atoms with Crippen LogP contribution in [0.1, 0.15) is 23.6 Å².